The summed E-state index contributed by atoms with van der Waals surface area (Å²) in [6.45, 7) is 4.03. The van der Waals surface area contributed by atoms with Crippen LogP contribution in [-0.4, -0.2) is 10.6 Å². The summed E-state index contributed by atoms with van der Waals surface area (Å²) in [4.78, 5) is 0. The summed E-state index contributed by atoms with van der Waals surface area (Å²) in [7, 11) is 0. The highest BCUT2D eigenvalue weighted by Crippen LogP contribution is 2.46. The Morgan fingerprint density at radius 1 is 1.33 bits per heavy atom. The molecular formula is C13H19NO. The third-order valence-corrected chi connectivity index (χ3v) is 2.89. The average molecular weight is 205 g/mol. The Labute approximate surface area is 91.1 Å². The molecule has 0 heterocycles. The molecule has 0 saturated heterocycles. The molecule has 0 spiro atoms. The number of benzene rings is 1. The van der Waals surface area contributed by atoms with Gasteiger partial charge < -0.3 is 10.8 Å². The highest BCUT2D eigenvalue weighted by Gasteiger charge is 2.43. The van der Waals surface area contributed by atoms with Crippen LogP contribution in [0.2, 0.25) is 0 Å². The fourth-order valence-electron chi connectivity index (χ4n) is 2.01. The molecule has 2 rings (SSSR count). The predicted octanol–water partition coefficient (Wildman–Crippen LogP) is 1.95. The lowest BCUT2D eigenvalue weighted by atomic mass is 9.90. The SMILES string of the molecule is CC(C)(N)Cc1ccccc1C1(O)CC1. The molecule has 1 fully saturated rings. The third kappa shape index (κ3) is 2.39. The van der Waals surface area contributed by atoms with Gasteiger partial charge in [0.15, 0.2) is 0 Å². The van der Waals surface area contributed by atoms with Crippen molar-refractivity contribution in [3.63, 3.8) is 0 Å². The molecular weight excluding hydrogens is 186 g/mol. The van der Waals surface area contributed by atoms with Gasteiger partial charge in [-0.3, -0.25) is 0 Å². The fraction of sp³-hybridized carbons (Fsp3) is 0.538. The van der Waals surface area contributed by atoms with Crippen LogP contribution >= 0.6 is 0 Å². The highest BCUT2D eigenvalue weighted by atomic mass is 16.3. The first kappa shape index (κ1) is 10.7. The molecule has 1 aliphatic rings. The van der Waals surface area contributed by atoms with Gasteiger partial charge in [0.25, 0.3) is 0 Å². The molecule has 3 N–H and O–H groups in total. The summed E-state index contributed by atoms with van der Waals surface area (Å²) >= 11 is 0. The number of rotatable bonds is 3. The lowest BCUT2D eigenvalue weighted by Gasteiger charge is -2.22. The van der Waals surface area contributed by atoms with E-state index >= 15 is 0 Å². The van der Waals surface area contributed by atoms with Crippen molar-refractivity contribution in [3.05, 3.63) is 35.4 Å². The molecule has 0 bridgehead atoms. The second-order valence-electron chi connectivity index (χ2n) is 5.35. The number of nitrogens with two attached hydrogens (primary N) is 1. The molecule has 1 aliphatic carbocycles. The van der Waals surface area contributed by atoms with Crippen LogP contribution in [-0.2, 0) is 12.0 Å². The van der Waals surface area contributed by atoms with Crippen molar-refractivity contribution in [1.29, 1.82) is 0 Å². The van der Waals surface area contributed by atoms with Gasteiger partial charge in [-0.05, 0) is 44.2 Å². The van der Waals surface area contributed by atoms with E-state index in [0.29, 0.717) is 0 Å². The summed E-state index contributed by atoms with van der Waals surface area (Å²) in [5, 5.41) is 10.1. The van der Waals surface area contributed by atoms with E-state index < -0.39 is 5.60 Å². The van der Waals surface area contributed by atoms with Crippen LogP contribution in [0.5, 0.6) is 0 Å². The number of hydrogen-bond acceptors (Lipinski definition) is 2. The quantitative estimate of drug-likeness (QED) is 0.792. The lowest BCUT2D eigenvalue weighted by molar-refractivity contribution is 0.150. The Morgan fingerprint density at radius 2 is 1.93 bits per heavy atom. The van der Waals surface area contributed by atoms with Gasteiger partial charge in [-0.1, -0.05) is 24.3 Å². The van der Waals surface area contributed by atoms with Crippen molar-refractivity contribution in [2.75, 3.05) is 0 Å². The van der Waals surface area contributed by atoms with Gasteiger partial charge in [0.2, 0.25) is 0 Å². The first-order valence-electron chi connectivity index (χ1n) is 5.50. The van der Waals surface area contributed by atoms with Gasteiger partial charge >= 0.3 is 0 Å². The van der Waals surface area contributed by atoms with Crippen molar-refractivity contribution >= 4 is 0 Å². The van der Waals surface area contributed by atoms with Crippen LogP contribution in [0.15, 0.2) is 24.3 Å². The molecule has 2 heteroatoms. The molecule has 0 amide bonds. The predicted molar refractivity (Wildman–Crippen MR) is 61.5 cm³/mol. The summed E-state index contributed by atoms with van der Waals surface area (Å²) in [5.41, 5.74) is 7.50. The second-order valence-corrected chi connectivity index (χ2v) is 5.35. The van der Waals surface area contributed by atoms with Crippen molar-refractivity contribution in [3.8, 4) is 0 Å². The minimum atomic E-state index is -0.554. The molecule has 0 atom stereocenters. The topological polar surface area (TPSA) is 46.2 Å². The minimum Gasteiger partial charge on any atom is -0.385 e. The molecule has 0 unspecified atom stereocenters. The van der Waals surface area contributed by atoms with Gasteiger partial charge in [0.1, 0.15) is 0 Å². The van der Waals surface area contributed by atoms with Crippen LogP contribution in [0.1, 0.15) is 37.8 Å². The molecule has 0 aliphatic heterocycles. The van der Waals surface area contributed by atoms with E-state index in [2.05, 4.69) is 6.07 Å². The van der Waals surface area contributed by atoms with Crippen molar-refractivity contribution in [2.45, 2.75) is 44.2 Å². The summed E-state index contributed by atoms with van der Waals surface area (Å²) in [5.74, 6) is 0. The van der Waals surface area contributed by atoms with Crippen molar-refractivity contribution in [2.24, 2.45) is 5.73 Å². The Morgan fingerprint density at radius 3 is 2.47 bits per heavy atom. The van der Waals surface area contributed by atoms with Crippen LogP contribution in [0.3, 0.4) is 0 Å². The minimum absolute atomic E-state index is 0.221. The molecule has 1 saturated carbocycles. The third-order valence-electron chi connectivity index (χ3n) is 2.89. The van der Waals surface area contributed by atoms with E-state index in [9.17, 15) is 5.11 Å². The summed E-state index contributed by atoms with van der Waals surface area (Å²) in [6.07, 6.45) is 2.58. The first-order valence-corrected chi connectivity index (χ1v) is 5.50. The molecule has 0 aromatic heterocycles. The zero-order valence-corrected chi connectivity index (χ0v) is 9.46. The van der Waals surface area contributed by atoms with Crippen LogP contribution in [0.4, 0.5) is 0 Å². The highest BCUT2D eigenvalue weighted by molar-refractivity contribution is 5.36. The molecule has 15 heavy (non-hydrogen) atoms. The van der Waals surface area contributed by atoms with Gasteiger partial charge in [0, 0.05) is 5.54 Å². The van der Waals surface area contributed by atoms with Crippen LogP contribution in [0, 0.1) is 0 Å². The van der Waals surface area contributed by atoms with E-state index in [1.807, 2.05) is 32.0 Å². The lowest BCUT2D eigenvalue weighted by Crippen LogP contribution is -2.35. The average Bonchev–Trinajstić information content (AvgIpc) is 2.83. The maximum atomic E-state index is 10.1. The van der Waals surface area contributed by atoms with Crippen molar-refractivity contribution in [1.82, 2.24) is 0 Å². The maximum Gasteiger partial charge on any atom is 0.0901 e. The maximum absolute atomic E-state index is 10.1. The molecule has 0 radical (unpaired) electrons. The summed E-state index contributed by atoms with van der Waals surface area (Å²) in [6, 6.07) is 8.09. The van der Waals surface area contributed by atoms with Gasteiger partial charge in [0.05, 0.1) is 5.60 Å². The van der Waals surface area contributed by atoms with Gasteiger partial charge in [-0.15, -0.1) is 0 Å². The largest absolute Gasteiger partial charge is 0.385 e. The standard InChI is InChI=1S/C13H19NO/c1-12(2,14)9-10-5-3-4-6-11(10)13(15)7-8-13/h3-6,15H,7-9,14H2,1-2H3. The molecule has 82 valence electrons. The number of hydrogen-bond donors (Lipinski definition) is 2. The van der Waals surface area contributed by atoms with E-state index in [4.69, 9.17) is 5.73 Å². The van der Waals surface area contributed by atoms with Crippen molar-refractivity contribution < 1.29 is 5.11 Å². The van der Waals surface area contributed by atoms with E-state index in [1.165, 1.54) is 5.56 Å². The molecule has 1 aromatic rings. The summed E-state index contributed by atoms with van der Waals surface area (Å²) < 4.78 is 0. The Bertz CT molecular complexity index is 361. The fourth-order valence-corrected chi connectivity index (χ4v) is 2.01. The molecule has 2 nitrogen and oxygen atoms in total. The van der Waals surface area contributed by atoms with E-state index in [-0.39, 0.29) is 5.54 Å². The van der Waals surface area contributed by atoms with E-state index in [1.54, 1.807) is 0 Å². The van der Waals surface area contributed by atoms with E-state index in [0.717, 1.165) is 24.8 Å². The zero-order chi connectivity index (χ0) is 11.1. The van der Waals surface area contributed by atoms with Crippen LogP contribution < -0.4 is 5.73 Å². The molecule has 1 aromatic carbocycles. The first-order chi connectivity index (χ1) is 6.91. The van der Waals surface area contributed by atoms with Gasteiger partial charge in [-0.25, -0.2) is 0 Å². The van der Waals surface area contributed by atoms with Gasteiger partial charge in [-0.2, -0.15) is 0 Å². The second kappa shape index (κ2) is 3.32. The smallest absolute Gasteiger partial charge is 0.0901 e. The van der Waals surface area contributed by atoms with Crippen LogP contribution in [0.25, 0.3) is 0 Å². The Hall–Kier alpha value is -0.860. The normalized spacial score (nSPS) is 18.9. The Balaban J connectivity index is 2.31. The zero-order valence-electron chi connectivity index (χ0n) is 9.46. The number of aliphatic hydroxyl groups is 1. The monoisotopic (exact) mass is 205 g/mol. The Kier molecular flexibility index (Phi) is 2.36.